The van der Waals surface area contributed by atoms with E-state index in [2.05, 4.69) is 4.98 Å². The average Bonchev–Trinajstić information content (AvgIpc) is 2.53. The molecule has 84 valence electrons. The first-order chi connectivity index (χ1) is 7.59. The molecular weight excluding hydrogens is 204 g/mol. The summed E-state index contributed by atoms with van der Waals surface area (Å²) in [5.41, 5.74) is 3.10. The molecule has 0 atom stereocenters. The van der Waals surface area contributed by atoms with Gasteiger partial charge in [0.25, 0.3) is 0 Å². The second-order valence-electron chi connectivity index (χ2n) is 3.90. The van der Waals surface area contributed by atoms with Crippen molar-refractivity contribution in [2.45, 2.75) is 26.8 Å². The van der Waals surface area contributed by atoms with Crippen LogP contribution in [0.2, 0.25) is 0 Å². The van der Waals surface area contributed by atoms with Gasteiger partial charge in [-0.1, -0.05) is 12.1 Å². The monoisotopic (exact) mass is 218 g/mol. The van der Waals surface area contributed by atoms with E-state index in [4.69, 9.17) is 5.11 Å². The number of aliphatic carboxylic acids is 1. The van der Waals surface area contributed by atoms with Crippen molar-refractivity contribution in [3.63, 3.8) is 0 Å². The van der Waals surface area contributed by atoms with E-state index in [1.54, 1.807) is 0 Å². The van der Waals surface area contributed by atoms with E-state index in [1.807, 2.05) is 36.6 Å². The number of rotatable bonds is 3. The molecule has 0 radical (unpaired) electrons. The summed E-state index contributed by atoms with van der Waals surface area (Å²) in [5, 5.41) is 8.70. The lowest BCUT2D eigenvalue weighted by molar-refractivity contribution is -0.137. The summed E-state index contributed by atoms with van der Waals surface area (Å²) in [4.78, 5) is 15.0. The highest BCUT2D eigenvalue weighted by Crippen LogP contribution is 2.19. The van der Waals surface area contributed by atoms with Gasteiger partial charge in [-0.05, 0) is 25.5 Å². The molecule has 1 aromatic heterocycles. The molecule has 0 aliphatic carbocycles. The SMILES string of the molecule is Cc1cccc2c1nc(C)n2CCC(=O)O. The Labute approximate surface area is 93.5 Å². The molecule has 0 fully saturated rings. The Morgan fingerprint density at radius 3 is 2.88 bits per heavy atom. The third-order valence-electron chi connectivity index (χ3n) is 2.72. The Balaban J connectivity index is 2.48. The van der Waals surface area contributed by atoms with Gasteiger partial charge in [0, 0.05) is 6.54 Å². The lowest BCUT2D eigenvalue weighted by Crippen LogP contribution is -2.05. The van der Waals surface area contributed by atoms with Crippen molar-refractivity contribution in [2.75, 3.05) is 0 Å². The summed E-state index contributed by atoms with van der Waals surface area (Å²) in [7, 11) is 0. The minimum Gasteiger partial charge on any atom is -0.481 e. The van der Waals surface area contributed by atoms with Crippen LogP contribution in [0.4, 0.5) is 0 Å². The maximum Gasteiger partial charge on any atom is 0.305 e. The predicted octanol–water partition coefficient (Wildman–Crippen LogP) is 2.13. The van der Waals surface area contributed by atoms with Crippen molar-refractivity contribution in [3.05, 3.63) is 29.6 Å². The van der Waals surface area contributed by atoms with E-state index in [-0.39, 0.29) is 6.42 Å². The smallest absolute Gasteiger partial charge is 0.305 e. The van der Waals surface area contributed by atoms with E-state index in [0.29, 0.717) is 6.54 Å². The highest BCUT2D eigenvalue weighted by Gasteiger charge is 2.09. The number of para-hydroxylation sites is 1. The van der Waals surface area contributed by atoms with E-state index in [0.717, 1.165) is 22.4 Å². The molecule has 0 spiro atoms. The van der Waals surface area contributed by atoms with Crippen LogP contribution in [0.3, 0.4) is 0 Å². The van der Waals surface area contributed by atoms with Crippen LogP contribution in [0.1, 0.15) is 17.8 Å². The zero-order valence-electron chi connectivity index (χ0n) is 9.40. The lowest BCUT2D eigenvalue weighted by Gasteiger charge is -2.04. The summed E-state index contributed by atoms with van der Waals surface area (Å²) >= 11 is 0. The molecule has 16 heavy (non-hydrogen) atoms. The molecule has 0 unspecified atom stereocenters. The molecule has 0 saturated carbocycles. The predicted molar refractivity (Wildman–Crippen MR) is 61.5 cm³/mol. The molecular formula is C12H14N2O2. The third kappa shape index (κ3) is 1.78. The highest BCUT2D eigenvalue weighted by molar-refractivity contribution is 5.79. The van der Waals surface area contributed by atoms with Gasteiger partial charge < -0.3 is 9.67 Å². The zero-order chi connectivity index (χ0) is 11.7. The molecule has 4 nitrogen and oxygen atoms in total. The van der Waals surface area contributed by atoms with Gasteiger partial charge in [0.2, 0.25) is 0 Å². The topological polar surface area (TPSA) is 55.1 Å². The second kappa shape index (κ2) is 3.96. The number of imidazole rings is 1. The maximum atomic E-state index is 10.6. The largest absolute Gasteiger partial charge is 0.481 e. The first kappa shape index (κ1) is 10.7. The zero-order valence-corrected chi connectivity index (χ0v) is 9.40. The van der Waals surface area contributed by atoms with Gasteiger partial charge in [0.05, 0.1) is 17.5 Å². The Morgan fingerprint density at radius 2 is 2.19 bits per heavy atom. The van der Waals surface area contributed by atoms with Crippen molar-refractivity contribution in [3.8, 4) is 0 Å². The van der Waals surface area contributed by atoms with Gasteiger partial charge in [-0.25, -0.2) is 4.98 Å². The van der Waals surface area contributed by atoms with Crippen LogP contribution in [-0.2, 0) is 11.3 Å². The summed E-state index contributed by atoms with van der Waals surface area (Å²) in [5.74, 6) is 0.0828. The van der Waals surface area contributed by atoms with Crippen molar-refractivity contribution >= 4 is 17.0 Å². The van der Waals surface area contributed by atoms with Crippen molar-refractivity contribution in [2.24, 2.45) is 0 Å². The van der Waals surface area contributed by atoms with Crippen LogP contribution in [0.15, 0.2) is 18.2 Å². The van der Waals surface area contributed by atoms with E-state index in [9.17, 15) is 4.79 Å². The van der Waals surface area contributed by atoms with Crippen LogP contribution in [0.25, 0.3) is 11.0 Å². The number of hydrogen-bond donors (Lipinski definition) is 1. The van der Waals surface area contributed by atoms with Crippen molar-refractivity contribution in [1.82, 2.24) is 9.55 Å². The number of hydrogen-bond acceptors (Lipinski definition) is 2. The van der Waals surface area contributed by atoms with Gasteiger partial charge in [0.15, 0.2) is 0 Å². The summed E-state index contributed by atoms with van der Waals surface area (Å²) in [6.07, 6.45) is 0.125. The molecule has 4 heteroatoms. The molecule has 1 heterocycles. The van der Waals surface area contributed by atoms with Crippen LogP contribution in [-0.4, -0.2) is 20.6 Å². The molecule has 0 saturated heterocycles. The normalized spacial score (nSPS) is 10.9. The van der Waals surface area contributed by atoms with Gasteiger partial charge >= 0.3 is 5.97 Å². The third-order valence-corrected chi connectivity index (χ3v) is 2.72. The second-order valence-corrected chi connectivity index (χ2v) is 3.90. The number of aryl methyl sites for hydroxylation is 3. The Hall–Kier alpha value is -1.84. The van der Waals surface area contributed by atoms with Crippen molar-refractivity contribution in [1.29, 1.82) is 0 Å². The molecule has 1 N–H and O–H groups in total. The fourth-order valence-electron chi connectivity index (χ4n) is 1.89. The van der Waals surface area contributed by atoms with E-state index < -0.39 is 5.97 Å². The maximum absolute atomic E-state index is 10.6. The standard InChI is InChI=1S/C12H14N2O2/c1-8-4-3-5-10-12(8)13-9(2)14(10)7-6-11(15)16/h3-5H,6-7H2,1-2H3,(H,15,16). The number of carboxylic acids is 1. The van der Waals surface area contributed by atoms with E-state index >= 15 is 0 Å². The van der Waals surface area contributed by atoms with Crippen LogP contribution >= 0.6 is 0 Å². The van der Waals surface area contributed by atoms with Crippen molar-refractivity contribution < 1.29 is 9.90 Å². The molecule has 0 bridgehead atoms. The molecule has 0 amide bonds. The Kier molecular flexibility index (Phi) is 2.64. The number of carboxylic acid groups (broad SMARTS) is 1. The number of benzene rings is 1. The quantitative estimate of drug-likeness (QED) is 0.858. The molecule has 1 aromatic carbocycles. The summed E-state index contributed by atoms with van der Waals surface area (Å²) < 4.78 is 1.95. The first-order valence-corrected chi connectivity index (χ1v) is 5.24. The fourth-order valence-corrected chi connectivity index (χ4v) is 1.89. The molecule has 0 aliphatic rings. The number of carbonyl (C=O) groups is 1. The van der Waals surface area contributed by atoms with Crippen LogP contribution in [0, 0.1) is 13.8 Å². The first-order valence-electron chi connectivity index (χ1n) is 5.24. The Bertz CT molecular complexity index is 543. The van der Waals surface area contributed by atoms with Crippen LogP contribution in [0.5, 0.6) is 0 Å². The van der Waals surface area contributed by atoms with Gasteiger partial charge in [0.1, 0.15) is 5.82 Å². The summed E-state index contributed by atoms with van der Waals surface area (Å²) in [6, 6.07) is 5.95. The molecule has 0 aliphatic heterocycles. The number of nitrogens with zero attached hydrogens (tertiary/aromatic N) is 2. The van der Waals surface area contributed by atoms with Gasteiger partial charge in [-0.15, -0.1) is 0 Å². The fraction of sp³-hybridized carbons (Fsp3) is 0.333. The molecule has 2 aromatic rings. The highest BCUT2D eigenvalue weighted by atomic mass is 16.4. The lowest BCUT2D eigenvalue weighted by atomic mass is 10.2. The minimum atomic E-state index is -0.783. The number of fused-ring (bicyclic) bond motifs is 1. The number of aromatic nitrogens is 2. The van der Waals surface area contributed by atoms with Gasteiger partial charge in [-0.2, -0.15) is 0 Å². The van der Waals surface area contributed by atoms with Gasteiger partial charge in [-0.3, -0.25) is 4.79 Å². The average molecular weight is 218 g/mol. The Morgan fingerprint density at radius 1 is 1.44 bits per heavy atom. The minimum absolute atomic E-state index is 0.125. The van der Waals surface area contributed by atoms with Crippen LogP contribution < -0.4 is 0 Å². The summed E-state index contributed by atoms with van der Waals surface area (Å²) in [6.45, 7) is 4.39. The van der Waals surface area contributed by atoms with E-state index in [1.165, 1.54) is 0 Å². The molecule has 2 rings (SSSR count).